The lowest BCUT2D eigenvalue weighted by molar-refractivity contribution is 0.0936. The number of amides is 1. The molecule has 0 spiro atoms. The van der Waals surface area contributed by atoms with Gasteiger partial charge in [0.05, 0.1) is 11.8 Å². The fourth-order valence-electron chi connectivity index (χ4n) is 1.89. The average molecular weight is 276 g/mol. The highest BCUT2D eigenvalue weighted by atomic mass is 19.1. The minimum atomic E-state index is -0.654. The molecule has 0 aliphatic heterocycles. The van der Waals surface area contributed by atoms with E-state index in [1.807, 2.05) is 0 Å². The van der Waals surface area contributed by atoms with Gasteiger partial charge in [0.15, 0.2) is 5.82 Å². The van der Waals surface area contributed by atoms with Crippen LogP contribution in [0, 0.1) is 11.6 Å². The van der Waals surface area contributed by atoms with Crippen LogP contribution in [-0.4, -0.2) is 16.9 Å². The van der Waals surface area contributed by atoms with Crippen molar-refractivity contribution in [2.24, 2.45) is 0 Å². The van der Waals surface area contributed by atoms with E-state index < -0.39 is 11.7 Å². The summed E-state index contributed by atoms with van der Waals surface area (Å²) >= 11 is 0. The van der Waals surface area contributed by atoms with Crippen molar-refractivity contribution in [3.8, 4) is 0 Å². The Morgan fingerprint density at radius 2 is 1.95 bits per heavy atom. The standard InChI is InChI=1S/C15H14F2N2O/c1-10(8-11-2-4-12(16)5-3-11)19-15(20)13-6-7-18-9-14(13)17/h2-7,9-10H,8H2,1H3,(H,19,20). The van der Waals surface area contributed by atoms with Crippen LogP contribution < -0.4 is 5.32 Å². The van der Waals surface area contributed by atoms with Crippen LogP contribution in [0.5, 0.6) is 0 Å². The molecular weight excluding hydrogens is 262 g/mol. The van der Waals surface area contributed by atoms with Crippen LogP contribution in [0.15, 0.2) is 42.7 Å². The first-order valence-electron chi connectivity index (χ1n) is 6.21. The summed E-state index contributed by atoms with van der Waals surface area (Å²) in [5.74, 6) is -1.44. The molecule has 0 saturated heterocycles. The summed E-state index contributed by atoms with van der Waals surface area (Å²) in [6.07, 6.45) is 2.90. The molecule has 1 atom stereocenters. The summed E-state index contributed by atoms with van der Waals surface area (Å²) in [6, 6.07) is 7.19. The van der Waals surface area contributed by atoms with Crippen molar-refractivity contribution in [3.05, 3.63) is 65.5 Å². The number of aromatic nitrogens is 1. The van der Waals surface area contributed by atoms with Crippen molar-refractivity contribution < 1.29 is 13.6 Å². The maximum atomic E-state index is 13.4. The highest BCUT2D eigenvalue weighted by molar-refractivity contribution is 5.94. The molecule has 0 aliphatic rings. The van der Waals surface area contributed by atoms with Gasteiger partial charge in [-0.05, 0) is 37.1 Å². The number of hydrogen-bond donors (Lipinski definition) is 1. The number of hydrogen-bond acceptors (Lipinski definition) is 2. The monoisotopic (exact) mass is 276 g/mol. The Morgan fingerprint density at radius 1 is 1.25 bits per heavy atom. The molecule has 0 fully saturated rings. The number of benzene rings is 1. The molecule has 20 heavy (non-hydrogen) atoms. The molecule has 0 bridgehead atoms. The van der Waals surface area contributed by atoms with E-state index in [0.717, 1.165) is 11.8 Å². The second-order valence-corrected chi connectivity index (χ2v) is 4.56. The molecule has 1 unspecified atom stereocenters. The van der Waals surface area contributed by atoms with E-state index >= 15 is 0 Å². The number of carbonyl (C=O) groups excluding carboxylic acids is 1. The second-order valence-electron chi connectivity index (χ2n) is 4.56. The van der Waals surface area contributed by atoms with Gasteiger partial charge in [-0.1, -0.05) is 12.1 Å². The molecular formula is C15H14F2N2O. The van der Waals surface area contributed by atoms with Crippen molar-refractivity contribution in [2.45, 2.75) is 19.4 Å². The number of rotatable bonds is 4. The van der Waals surface area contributed by atoms with E-state index in [2.05, 4.69) is 10.3 Å². The summed E-state index contributed by atoms with van der Waals surface area (Å²) in [6.45, 7) is 1.81. The lowest BCUT2D eigenvalue weighted by atomic mass is 10.1. The van der Waals surface area contributed by atoms with Gasteiger partial charge in [0, 0.05) is 12.2 Å². The van der Waals surface area contributed by atoms with Gasteiger partial charge in [-0.3, -0.25) is 9.78 Å². The van der Waals surface area contributed by atoms with Gasteiger partial charge in [0.1, 0.15) is 5.82 Å². The quantitative estimate of drug-likeness (QED) is 0.933. The van der Waals surface area contributed by atoms with E-state index in [-0.39, 0.29) is 17.4 Å². The highest BCUT2D eigenvalue weighted by Gasteiger charge is 2.14. The number of pyridine rings is 1. The number of halogens is 2. The van der Waals surface area contributed by atoms with Crippen LogP contribution in [-0.2, 0) is 6.42 Å². The van der Waals surface area contributed by atoms with Crippen LogP contribution in [0.2, 0.25) is 0 Å². The van der Waals surface area contributed by atoms with Crippen molar-refractivity contribution in [2.75, 3.05) is 0 Å². The first-order valence-corrected chi connectivity index (χ1v) is 6.21. The smallest absolute Gasteiger partial charge is 0.254 e. The lowest BCUT2D eigenvalue weighted by Gasteiger charge is -2.14. The molecule has 2 rings (SSSR count). The Labute approximate surface area is 115 Å². The van der Waals surface area contributed by atoms with E-state index in [4.69, 9.17) is 0 Å². The third-order valence-electron chi connectivity index (χ3n) is 2.85. The fourth-order valence-corrected chi connectivity index (χ4v) is 1.89. The summed E-state index contributed by atoms with van der Waals surface area (Å²) in [5.41, 5.74) is 0.861. The van der Waals surface area contributed by atoms with Crippen LogP contribution in [0.4, 0.5) is 8.78 Å². The number of nitrogens with one attached hydrogen (secondary N) is 1. The largest absolute Gasteiger partial charge is 0.349 e. The Hall–Kier alpha value is -2.30. The topological polar surface area (TPSA) is 42.0 Å². The zero-order chi connectivity index (χ0) is 14.5. The molecule has 1 aromatic carbocycles. The predicted molar refractivity (Wildman–Crippen MR) is 71.2 cm³/mol. The minimum absolute atomic E-state index is 0.0362. The molecule has 1 aromatic heterocycles. The average Bonchev–Trinajstić information content (AvgIpc) is 2.41. The number of carbonyl (C=O) groups is 1. The van der Waals surface area contributed by atoms with E-state index in [9.17, 15) is 13.6 Å². The summed E-state index contributed by atoms with van der Waals surface area (Å²) in [4.78, 5) is 15.5. The molecule has 0 radical (unpaired) electrons. The van der Waals surface area contributed by atoms with Crippen LogP contribution in [0.1, 0.15) is 22.8 Å². The van der Waals surface area contributed by atoms with Gasteiger partial charge in [-0.25, -0.2) is 8.78 Å². The summed E-state index contributed by atoms with van der Waals surface area (Å²) < 4.78 is 26.2. The molecule has 2 aromatic rings. The fraction of sp³-hybridized carbons (Fsp3) is 0.200. The summed E-state index contributed by atoms with van der Waals surface area (Å²) in [5, 5.41) is 2.70. The van der Waals surface area contributed by atoms with E-state index in [1.54, 1.807) is 19.1 Å². The number of nitrogens with zero attached hydrogens (tertiary/aromatic N) is 1. The first-order chi connectivity index (χ1) is 9.56. The van der Waals surface area contributed by atoms with Gasteiger partial charge in [0.25, 0.3) is 5.91 Å². The molecule has 1 heterocycles. The zero-order valence-electron chi connectivity index (χ0n) is 10.9. The molecule has 0 aliphatic carbocycles. The van der Waals surface area contributed by atoms with Crippen LogP contribution in [0.3, 0.4) is 0 Å². The second kappa shape index (κ2) is 6.23. The van der Waals surface area contributed by atoms with Crippen molar-refractivity contribution in [1.82, 2.24) is 10.3 Å². The molecule has 3 nitrogen and oxygen atoms in total. The van der Waals surface area contributed by atoms with Crippen molar-refractivity contribution >= 4 is 5.91 Å². The molecule has 1 amide bonds. The Bertz CT molecular complexity index is 599. The molecule has 104 valence electrons. The lowest BCUT2D eigenvalue weighted by Crippen LogP contribution is -2.34. The van der Waals surface area contributed by atoms with Crippen molar-refractivity contribution in [3.63, 3.8) is 0 Å². The van der Waals surface area contributed by atoms with Gasteiger partial charge in [0.2, 0.25) is 0 Å². The SMILES string of the molecule is CC(Cc1ccc(F)cc1)NC(=O)c1ccncc1F. The van der Waals surface area contributed by atoms with Crippen molar-refractivity contribution in [1.29, 1.82) is 0 Å². The highest BCUT2D eigenvalue weighted by Crippen LogP contribution is 2.08. The van der Waals surface area contributed by atoms with Crippen LogP contribution >= 0.6 is 0 Å². The molecule has 1 N–H and O–H groups in total. The minimum Gasteiger partial charge on any atom is -0.349 e. The zero-order valence-corrected chi connectivity index (χ0v) is 10.9. The maximum Gasteiger partial charge on any atom is 0.254 e. The Morgan fingerprint density at radius 3 is 2.60 bits per heavy atom. The van der Waals surface area contributed by atoms with Gasteiger partial charge < -0.3 is 5.32 Å². The normalized spacial score (nSPS) is 11.9. The van der Waals surface area contributed by atoms with Gasteiger partial charge in [-0.15, -0.1) is 0 Å². The van der Waals surface area contributed by atoms with E-state index in [1.165, 1.54) is 24.4 Å². The Kier molecular flexibility index (Phi) is 4.40. The molecule has 0 saturated carbocycles. The van der Waals surface area contributed by atoms with Gasteiger partial charge >= 0.3 is 0 Å². The predicted octanol–water partition coefficient (Wildman–Crippen LogP) is 2.72. The van der Waals surface area contributed by atoms with E-state index in [0.29, 0.717) is 6.42 Å². The van der Waals surface area contributed by atoms with Gasteiger partial charge in [-0.2, -0.15) is 0 Å². The third kappa shape index (κ3) is 3.60. The first kappa shape index (κ1) is 14.1. The third-order valence-corrected chi connectivity index (χ3v) is 2.85. The molecule has 5 heteroatoms. The Balaban J connectivity index is 1.98. The van der Waals surface area contributed by atoms with Crippen LogP contribution in [0.25, 0.3) is 0 Å². The maximum absolute atomic E-state index is 13.4. The summed E-state index contributed by atoms with van der Waals surface area (Å²) in [7, 11) is 0.